The summed E-state index contributed by atoms with van der Waals surface area (Å²) < 4.78 is 8.59. The van der Waals surface area contributed by atoms with E-state index in [1.807, 2.05) is 34.6 Å². The first kappa shape index (κ1) is 61.0. The quantitative estimate of drug-likeness (QED) is 0.0460. The molecule has 73 heavy (non-hydrogen) atoms. The zero-order valence-electron chi connectivity index (χ0n) is 41.9. The van der Waals surface area contributed by atoms with Crippen LogP contribution in [0.4, 0.5) is 0 Å². The summed E-state index contributed by atoms with van der Waals surface area (Å²) in [5.74, 6) is -6.13. The van der Waals surface area contributed by atoms with Crippen molar-refractivity contribution in [1.29, 1.82) is 0 Å². The number of nitrogens with two attached hydrogens (primary N) is 1. The molecule has 1 aliphatic rings. The van der Waals surface area contributed by atoms with Crippen LogP contribution in [0.3, 0.4) is 0 Å². The van der Waals surface area contributed by atoms with Gasteiger partial charge in [0.15, 0.2) is 0 Å². The Balaban J connectivity index is 1.82. The van der Waals surface area contributed by atoms with Gasteiger partial charge in [-0.15, -0.1) is 0 Å². The van der Waals surface area contributed by atoms with Gasteiger partial charge in [-0.3, -0.25) is 38.6 Å². The molecule has 7 amide bonds. The second-order valence-electron chi connectivity index (χ2n) is 18.9. The highest BCUT2D eigenvalue weighted by atomic mass is 33.1. The first-order chi connectivity index (χ1) is 34.5. The maximum Gasteiger partial charge on any atom is 0.331 e. The number of aromatic nitrogens is 1. The van der Waals surface area contributed by atoms with Crippen LogP contribution >= 0.6 is 49.8 Å². The Morgan fingerprint density at radius 3 is 2.15 bits per heavy atom. The summed E-state index contributed by atoms with van der Waals surface area (Å²) in [5.41, 5.74) is 8.48. The van der Waals surface area contributed by atoms with Gasteiger partial charge in [-0.2, -0.15) is 0 Å². The van der Waals surface area contributed by atoms with Crippen LogP contribution in [0.5, 0.6) is 5.75 Å². The van der Waals surface area contributed by atoms with Crippen molar-refractivity contribution in [2.24, 2.45) is 5.73 Å². The number of para-hydroxylation sites is 1. The van der Waals surface area contributed by atoms with Gasteiger partial charge >= 0.3 is 5.97 Å². The van der Waals surface area contributed by atoms with Crippen molar-refractivity contribution in [2.75, 3.05) is 19.7 Å². The summed E-state index contributed by atoms with van der Waals surface area (Å²) in [6.07, 6.45) is 0.190. The molecule has 1 fully saturated rings. The number of nitrogens with one attached hydrogen (secondary N) is 9. The van der Waals surface area contributed by atoms with E-state index in [4.69, 9.17) is 15.0 Å². The molecule has 0 spiro atoms. The fourth-order valence-electron chi connectivity index (χ4n) is 7.85. The van der Waals surface area contributed by atoms with Gasteiger partial charge in [0.05, 0.1) is 22.0 Å². The number of aliphatic hydroxyl groups is 1. The molecule has 2 aromatic carbocycles. The zero-order chi connectivity index (χ0) is 54.0. The number of aryl methyl sites for hydroxylation is 1. The van der Waals surface area contributed by atoms with Crippen LogP contribution in [0, 0.1) is 6.92 Å². The summed E-state index contributed by atoms with van der Waals surface area (Å²) in [4.78, 5) is 115. The van der Waals surface area contributed by atoms with E-state index in [-0.39, 0.29) is 25.7 Å². The highest BCUT2D eigenvalue weighted by Crippen LogP contribution is 2.46. The normalized spacial score (nSPS) is 22.1. The van der Waals surface area contributed by atoms with E-state index in [2.05, 4.69) is 65.8 Å². The predicted molar refractivity (Wildman–Crippen MR) is 292 cm³/mol. The van der Waals surface area contributed by atoms with Crippen molar-refractivity contribution in [3.63, 3.8) is 0 Å². The van der Waals surface area contributed by atoms with Gasteiger partial charge in [-0.25, -0.2) is 4.79 Å². The van der Waals surface area contributed by atoms with E-state index < -0.39 is 106 Å². The van der Waals surface area contributed by atoms with Crippen molar-refractivity contribution in [2.45, 2.75) is 138 Å². The fourth-order valence-corrected chi connectivity index (χ4v) is 11.0. The van der Waals surface area contributed by atoms with Gasteiger partial charge in [-0.05, 0) is 96.2 Å². The average Bonchev–Trinajstić information content (AvgIpc) is 3.75. The Kier molecular flexibility index (Phi) is 24.1. The number of carbonyl (C=O) groups excluding carboxylic acids is 8. The third-order valence-corrected chi connectivity index (χ3v) is 16.8. The highest BCUT2D eigenvalue weighted by molar-refractivity contribution is 8.77. The van der Waals surface area contributed by atoms with Gasteiger partial charge in [0.25, 0.3) is 0 Å². The molecule has 10 atom stereocenters. The Morgan fingerprint density at radius 1 is 0.849 bits per heavy atom. The Morgan fingerprint density at radius 2 is 1.51 bits per heavy atom. The number of hydrogen-bond donors (Lipinski definition) is 11. The lowest BCUT2D eigenvalue weighted by Gasteiger charge is -2.37. The zero-order valence-corrected chi connectivity index (χ0v) is 47.0. The van der Waals surface area contributed by atoms with Crippen LogP contribution < -0.4 is 52.5 Å². The van der Waals surface area contributed by atoms with Crippen molar-refractivity contribution in [3.05, 3.63) is 65.4 Å². The molecule has 21 nitrogen and oxygen atoms in total. The van der Waals surface area contributed by atoms with Crippen LogP contribution in [-0.2, 0) is 55.7 Å². The minimum Gasteiger partial charge on any atom is -0.492 e. The van der Waals surface area contributed by atoms with Crippen molar-refractivity contribution >= 4 is 108 Å². The standard InChI is InChI=1S/C47H71N10O11P3S2/c1-25-10-9-11-30-28(24-49-37(25)30)21-32-41(62)53-31(12-7-8-17-50-69)40(61)57-39(44(65)55-34(45(66)68-71)20-27-13-15-29(16-14-27)67-19-18-51-70)47(5,6)73-72-46(3,4)23-36(60)52-33(22-35(48)59)42(63)56-38(26(2)58)43(64)54-32/h9-11,13-16,24,26,31-34,38-39,49-51,58H,7-8,12,17-23,69-71H2,1-6H3,(H2,48,59)(H,52,60)(H,53,62)(H,54,64)(H,55,65)(H,56,63)(H,57,61)/t26-,31+,32+,33+,34+,38?,39-/m1/s1. The molecule has 4 rings (SSSR count). The number of amides is 7. The molecule has 3 aromatic rings. The first-order valence-corrected chi connectivity index (χ1v) is 27.5. The third-order valence-electron chi connectivity index (χ3n) is 11.8. The first-order valence-electron chi connectivity index (χ1n) is 23.7. The van der Waals surface area contributed by atoms with E-state index in [0.29, 0.717) is 49.4 Å². The van der Waals surface area contributed by atoms with Crippen LogP contribution in [0.25, 0.3) is 10.9 Å². The minimum atomic E-state index is -1.71. The molecule has 0 saturated carbocycles. The number of rotatable bonds is 19. The van der Waals surface area contributed by atoms with Crippen LogP contribution in [-0.4, -0.2) is 129 Å². The second-order valence-corrected chi connectivity index (χ2v) is 23.4. The molecule has 2 heterocycles. The SMILES string of the molecule is Cc1cccc2c(C[C@@H]3NC(=O)C([C@@H](C)O)NC(=O)[C@H](CC(N)=O)NC(=O)CC(C)(C)SSC(C)(C)[C@@H](C(=O)N[C@@H](Cc4ccc(OCCNP)cc4)C(=O)OP)NC(=O)[C@H](CCCCNP)NC3=O)c[nH]c12. The molecule has 12 N–H and O–H groups in total. The largest absolute Gasteiger partial charge is 0.492 e. The lowest BCUT2D eigenvalue weighted by molar-refractivity contribution is -0.139. The molecule has 0 radical (unpaired) electrons. The summed E-state index contributed by atoms with van der Waals surface area (Å²) >= 11 is 0. The number of aliphatic hydroxyl groups excluding tert-OH is 1. The molecule has 4 unspecified atom stereocenters. The third kappa shape index (κ3) is 18.9. The van der Waals surface area contributed by atoms with Crippen molar-refractivity contribution in [3.8, 4) is 5.75 Å². The van der Waals surface area contributed by atoms with E-state index in [1.54, 1.807) is 58.2 Å². The van der Waals surface area contributed by atoms with Gasteiger partial charge in [0.1, 0.15) is 48.6 Å². The van der Waals surface area contributed by atoms with Gasteiger partial charge in [0.2, 0.25) is 41.4 Å². The smallest absolute Gasteiger partial charge is 0.331 e. The summed E-state index contributed by atoms with van der Waals surface area (Å²) in [6.45, 7) is 11.6. The number of benzene rings is 2. The Hall–Kier alpha value is -4.59. The lowest BCUT2D eigenvalue weighted by Crippen LogP contribution is -2.63. The maximum absolute atomic E-state index is 14.8. The van der Waals surface area contributed by atoms with Crippen LogP contribution in [0.2, 0.25) is 0 Å². The highest BCUT2D eigenvalue weighted by Gasteiger charge is 2.43. The molecule has 0 aliphatic carbocycles. The summed E-state index contributed by atoms with van der Waals surface area (Å²) in [6, 6.07) is 3.89. The molecule has 402 valence electrons. The molecule has 26 heteroatoms. The number of carbonyl (C=O) groups is 8. The van der Waals surface area contributed by atoms with E-state index in [9.17, 15) is 43.5 Å². The number of aromatic amines is 1. The molecular formula is C47H71N10O11P3S2. The Labute approximate surface area is 440 Å². The topological polar surface area (TPSA) is 313 Å². The van der Waals surface area contributed by atoms with Crippen LogP contribution in [0.1, 0.15) is 83.4 Å². The number of H-pyrrole nitrogens is 1. The van der Waals surface area contributed by atoms with E-state index in [0.717, 1.165) is 16.5 Å². The fraction of sp³-hybridized carbons (Fsp3) is 0.532. The van der Waals surface area contributed by atoms with Crippen molar-refractivity contribution in [1.82, 2.24) is 47.1 Å². The lowest BCUT2D eigenvalue weighted by atomic mass is 9.98. The molecule has 1 aliphatic heterocycles. The number of unbranched alkanes of at least 4 members (excludes halogenated alkanes) is 1. The molecule has 1 saturated heterocycles. The van der Waals surface area contributed by atoms with Crippen LogP contribution in [0.15, 0.2) is 48.7 Å². The van der Waals surface area contributed by atoms with Crippen molar-refractivity contribution < 1.29 is 52.7 Å². The van der Waals surface area contributed by atoms with Gasteiger partial charge < -0.3 is 62.1 Å². The van der Waals surface area contributed by atoms with Gasteiger partial charge in [0, 0.05) is 52.4 Å². The molecule has 0 bridgehead atoms. The number of ether oxygens (including phenoxy) is 1. The Bertz CT molecular complexity index is 2410. The van der Waals surface area contributed by atoms with Gasteiger partial charge in [-0.1, -0.05) is 70.7 Å². The predicted octanol–water partition coefficient (Wildman–Crippen LogP) is 1.41. The average molecular weight is 1110 g/mol. The number of fused-ring (bicyclic) bond motifs is 1. The number of primary amides is 1. The minimum absolute atomic E-state index is 0.00619. The second kappa shape index (κ2) is 28.9. The number of hydrogen-bond acceptors (Lipinski definition) is 15. The summed E-state index contributed by atoms with van der Waals surface area (Å²) in [5, 5.41) is 33.7. The van der Waals surface area contributed by atoms with E-state index >= 15 is 0 Å². The molecule has 1 aromatic heterocycles. The monoisotopic (exact) mass is 1110 g/mol. The molecular weight excluding hydrogens is 1040 g/mol. The van der Waals surface area contributed by atoms with E-state index in [1.165, 1.54) is 28.5 Å². The maximum atomic E-state index is 14.8. The summed E-state index contributed by atoms with van der Waals surface area (Å²) in [7, 11) is 9.06.